The van der Waals surface area contributed by atoms with E-state index < -0.39 is 0 Å². The largest absolute Gasteiger partial charge is 0.488 e. The van der Waals surface area contributed by atoms with Gasteiger partial charge in [-0.05, 0) is 42.9 Å². The predicted molar refractivity (Wildman–Crippen MR) is 73.9 cm³/mol. The van der Waals surface area contributed by atoms with Crippen molar-refractivity contribution in [3.05, 3.63) is 29.6 Å². The van der Waals surface area contributed by atoms with Crippen LogP contribution in [0.25, 0.3) is 0 Å². The van der Waals surface area contributed by atoms with Crippen molar-refractivity contribution in [3.8, 4) is 5.75 Å². The Morgan fingerprint density at radius 1 is 1.42 bits per heavy atom. The van der Waals surface area contributed by atoms with E-state index in [0.29, 0.717) is 11.5 Å². The Morgan fingerprint density at radius 3 is 3.00 bits per heavy atom. The number of hydrogen-bond donors (Lipinski definition) is 1. The molecule has 2 aliphatic rings. The van der Waals surface area contributed by atoms with Crippen LogP contribution in [-0.2, 0) is 6.42 Å². The van der Waals surface area contributed by atoms with E-state index in [9.17, 15) is 4.39 Å². The fourth-order valence-corrected chi connectivity index (χ4v) is 3.31. The molecule has 0 amide bonds. The van der Waals surface area contributed by atoms with Gasteiger partial charge in [-0.3, -0.25) is 0 Å². The van der Waals surface area contributed by atoms with E-state index in [4.69, 9.17) is 4.74 Å². The minimum absolute atomic E-state index is 0.153. The van der Waals surface area contributed by atoms with Crippen molar-refractivity contribution in [2.75, 3.05) is 6.54 Å². The molecule has 3 rings (SSSR count). The Bertz CT molecular complexity index is 472. The summed E-state index contributed by atoms with van der Waals surface area (Å²) >= 11 is 0. The lowest BCUT2D eigenvalue weighted by atomic mass is 9.92. The van der Waals surface area contributed by atoms with Crippen LogP contribution in [0.5, 0.6) is 5.75 Å². The maximum absolute atomic E-state index is 13.1. The van der Waals surface area contributed by atoms with Gasteiger partial charge in [-0.25, -0.2) is 4.39 Å². The van der Waals surface area contributed by atoms with Crippen molar-refractivity contribution < 1.29 is 9.13 Å². The Kier molecular flexibility index (Phi) is 3.25. The molecule has 0 saturated heterocycles. The minimum Gasteiger partial charge on any atom is -0.488 e. The second-order valence-electron chi connectivity index (χ2n) is 6.71. The average Bonchev–Trinajstić information content (AvgIpc) is 2.89. The van der Waals surface area contributed by atoms with Crippen molar-refractivity contribution >= 4 is 0 Å². The van der Waals surface area contributed by atoms with Gasteiger partial charge in [0, 0.05) is 24.6 Å². The van der Waals surface area contributed by atoms with E-state index in [1.54, 1.807) is 12.1 Å². The summed E-state index contributed by atoms with van der Waals surface area (Å²) in [6.07, 6.45) is 4.75. The molecule has 0 aromatic heterocycles. The van der Waals surface area contributed by atoms with Crippen LogP contribution < -0.4 is 10.1 Å². The van der Waals surface area contributed by atoms with Gasteiger partial charge >= 0.3 is 0 Å². The zero-order chi connectivity index (χ0) is 13.5. The summed E-state index contributed by atoms with van der Waals surface area (Å²) in [7, 11) is 0. The molecule has 1 aliphatic carbocycles. The van der Waals surface area contributed by atoms with Crippen LogP contribution in [0.4, 0.5) is 4.39 Å². The van der Waals surface area contributed by atoms with Crippen molar-refractivity contribution in [2.24, 2.45) is 5.41 Å². The van der Waals surface area contributed by atoms with Crippen LogP contribution in [0, 0.1) is 11.2 Å². The number of benzene rings is 1. The summed E-state index contributed by atoms with van der Waals surface area (Å²) in [6, 6.07) is 5.41. The summed E-state index contributed by atoms with van der Waals surface area (Å²) in [5, 5.41) is 3.61. The maximum atomic E-state index is 13.1. The topological polar surface area (TPSA) is 21.3 Å². The summed E-state index contributed by atoms with van der Waals surface area (Å²) < 4.78 is 19.0. The van der Waals surface area contributed by atoms with Gasteiger partial charge in [0.25, 0.3) is 0 Å². The normalized spacial score (nSPS) is 28.2. The van der Waals surface area contributed by atoms with Crippen LogP contribution in [0.1, 0.15) is 38.7 Å². The summed E-state index contributed by atoms with van der Waals surface area (Å²) in [4.78, 5) is 0. The highest BCUT2D eigenvalue weighted by molar-refractivity contribution is 5.37. The predicted octanol–water partition coefficient (Wildman–Crippen LogP) is 3.30. The van der Waals surface area contributed by atoms with Gasteiger partial charge in [-0.2, -0.15) is 0 Å². The number of halogens is 1. The number of ether oxygens (including phenoxy) is 1. The summed E-state index contributed by atoms with van der Waals surface area (Å²) in [5.41, 5.74) is 1.47. The Balaban J connectivity index is 1.51. The molecule has 0 radical (unpaired) electrons. The summed E-state index contributed by atoms with van der Waals surface area (Å²) in [5.74, 6) is 0.674. The molecule has 1 aromatic carbocycles. The third kappa shape index (κ3) is 2.92. The molecule has 1 heterocycles. The Hall–Kier alpha value is -1.09. The molecular formula is C16H22FNO. The van der Waals surface area contributed by atoms with E-state index >= 15 is 0 Å². The first-order valence-corrected chi connectivity index (χ1v) is 7.20. The zero-order valence-electron chi connectivity index (χ0n) is 11.7. The highest BCUT2D eigenvalue weighted by atomic mass is 19.1. The fraction of sp³-hybridized carbons (Fsp3) is 0.625. The monoisotopic (exact) mass is 263 g/mol. The Labute approximate surface area is 114 Å². The minimum atomic E-state index is -0.173. The standard InChI is InChI=1S/C16H22FNO/c1-16(2)6-5-13(9-16)18-10-14-8-11-7-12(17)3-4-15(11)19-14/h3-4,7,13-14,18H,5-6,8-10H2,1-2H3. The van der Waals surface area contributed by atoms with Gasteiger partial charge in [0.1, 0.15) is 17.7 Å². The van der Waals surface area contributed by atoms with E-state index in [0.717, 1.165) is 24.3 Å². The lowest BCUT2D eigenvalue weighted by Crippen LogP contribution is -2.36. The van der Waals surface area contributed by atoms with E-state index in [2.05, 4.69) is 19.2 Å². The van der Waals surface area contributed by atoms with Gasteiger partial charge in [0.05, 0.1) is 0 Å². The van der Waals surface area contributed by atoms with Gasteiger partial charge in [0.2, 0.25) is 0 Å². The second kappa shape index (κ2) is 4.78. The number of rotatable bonds is 3. The van der Waals surface area contributed by atoms with E-state index in [-0.39, 0.29) is 11.9 Å². The van der Waals surface area contributed by atoms with Crippen molar-refractivity contribution in [2.45, 2.75) is 51.7 Å². The first kappa shape index (κ1) is 12.9. The maximum Gasteiger partial charge on any atom is 0.123 e. The third-order valence-corrected chi connectivity index (χ3v) is 4.37. The average molecular weight is 263 g/mol. The van der Waals surface area contributed by atoms with E-state index in [1.165, 1.54) is 25.3 Å². The van der Waals surface area contributed by atoms with Crippen molar-refractivity contribution in [3.63, 3.8) is 0 Å². The van der Waals surface area contributed by atoms with Gasteiger partial charge in [0.15, 0.2) is 0 Å². The quantitative estimate of drug-likeness (QED) is 0.903. The van der Waals surface area contributed by atoms with Gasteiger partial charge in [-0.1, -0.05) is 13.8 Å². The van der Waals surface area contributed by atoms with E-state index in [1.807, 2.05) is 0 Å². The van der Waals surface area contributed by atoms with Crippen molar-refractivity contribution in [1.29, 1.82) is 0 Å². The number of hydrogen-bond acceptors (Lipinski definition) is 2. The molecule has 0 spiro atoms. The Morgan fingerprint density at radius 2 is 2.26 bits per heavy atom. The van der Waals surface area contributed by atoms with Crippen molar-refractivity contribution in [1.82, 2.24) is 5.32 Å². The molecule has 3 heteroatoms. The summed E-state index contributed by atoms with van der Waals surface area (Å²) in [6.45, 7) is 5.52. The molecule has 19 heavy (non-hydrogen) atoms. The highest BCUT2D eigenvalue weighted by Crippen LogP contribution is 2.37. The second-order valence-corrected chi connectivity index (χ2v) is 6.71. The molecule has 2 unspecified atom stereocenters. The third-order valence-electron chi connectivity index (χ3n) is 4.37. The SMILES string of the molecule is CC1(C)CCC(NCC2Cc3cc(F)ccc3O2)C1. The molecule has 2 atom stereocenters. The molecule has 0 bridgehead atoms. The number of fused-ring (bicyclic) bond motifs is 1. The first-order valence-electron chi connectivity index (χ1n) is 7.20. The van der Waals surface area contributed by atoms with Gasteiger partial charge < -0.3 is 10.1 Å². The fourth-order valence-electron chi connectivity index (χ4n) is 3.31. The number of nitrogens with one attached hydrogen (secondary N) is 1. The highest BCUT2D eigenvalue weighted by Gasteiger charge is 2.31. The van der Waals surface area contributed by atoms with Crippen LogP contribution in [0.2, 0.25) is 0 Å². The molecule has 104 valence electrons. The van der Waals surface area contributed by atoms with Crippen LogP contribution in [0.15, 0.2) is 18.2 Å². The van der Waals surface area contributed by atoms with Crippen LogP contribution in [-0.4, -0.2) is 18.7 Å². The molecule has 1 fully saturated rings. The first-order chi connectivity index (χ1) is 9.02. The molecule has 1 saturated carbocycles. The lowest BCUT2D eigenvalue weighted by Gasteiger charge is -2.19. The molecule has 1 aliphatic heterocycles. The van der Waals surface area contributed by atoms with Crippen LogP contribution in [0.3, 0.4) is 0 Å². The molecule has 1 aromatic rings. The molecule has 2 nitrogen and oxygen atoms in total. The smallest absolute Gasteiger partial charge is 0.123 e. The molecule has 1 N–H and O–H groups in total. The lowest BCUT2D eigenvalue weighted by molar-refractivity contribution is 0.219. The van der Waals surface area contributed by atoms with Crippen LogP contribution >= 0.6 is 0 Å². The molecular weight excluding hydrogens is 241 g/mol. The van der Waals surface area contributed by atoms with Gasteiger partial charge in [-0.15, -0.1) is 0 Å². The zero-order valence-corrected chi connectivity index (χ0v) is 11.7.